The Morgan fingerprint density at radius 3 is 2.67 bits per heavy atom. The molecule has 1 N–H and O–H groups in total. The molecule has 0 saturated heterocycles. The zero-order valence-electron chi connectivity index (χ0n) is 11.1. The van der Waals surface area contributed by atoms with Gasteiger partial charge in [-0.3, -0.25) is 4.79 Å². The number of halogens is 1. The lowest BCUT2D eigenvalue weighted by molar-refractivity contribution is -0.123. The molecule has 0 radical (unpaired) electrons. The molecule has 0 heterocycles. The van der Waals surface area contributed by atoms with E-state index in [1.165, 1.54) is 0 Å². The lowest BCUT2D eigenvalue weighted by atomic mass is 9.94. The van der Waals surface area contributed by atoms with Crippen molar-refractivity contribution in [1.29, 1.82) is 0 Å². The van der Waals surface area contributed by atoms with Crippen LogP contribution in [0.5, 0.6) is 0 Å². The van der Waals surface area contributed by atoms with Crippen LogP contribution in [0.1, 0.15) is 25.8 Å². The normalized spacial score (nSPS) is 11.3. The van der Waals surface area contributed by atoms with Gasteiger partial charge < -0.3 is 10.1 Å². The van der Waals surface area contributed by atoms with E-state index in [2.05, 4.69) is 5.32 Å². The average molecular weight is 270 g/mol. The Kier molecular flexibility index (Phi) is 5.63. The lowest BCUT2D eigenvalue weighted by Gasteiger charge is -2.27. The van der Waals surface area contributed by atoms with E-state index < -0.39 is 0 Å². The van der Waals surface area contributed by atoms with Gasteiger partial charge in [-0.05, 0) is 31.9 Å². The first-order chi connectivity index (χ1) is 8.44. The van der Waals surface area contributed by atoms with Crippen molar-refractivity contribution >= 4 is 17.5 Å². The second-order valence-corrected chi connectivity index (χ2v) is 5.35. The van der Waals surface area contributed by atoms with Crippen LogP contribution in [0, 0.1) is 0 Å². The number of carbonyl (C=O) groups is 1. The van der Waals surface area contributed by atoms with Crippen molar-refractivity contribution < 1.29 is 9.53 Å². The van der Waals surface area contributed by atoms with Gasteiger partial charge in [0.2, 0.25) is 5.91 Å². The predicted octanol–water partition coefficient (Wildman–Crippen LogP) is 2.81. The number of carbonyl (C=O) groups excluding carboxylic acids is 1. The summed E-state index contributed by atoms with van der Waals surface area (Å²) in [6.07, 6.45) is 1.08. The van der Waals surface area contributed by atoms with Crippen LogP contribution in [0.4, 0.5) is 0 Å². The maximum atomic E-state index is 11.7. The number of rotatable bonds is 6. The molecular formula is C14H20ClNO2. The first kappa shape index (κ1) is 15.0. The van der Waals surface area contributed by atoms with Crippen LogP contribution in [0.2, 0.25) is 5.02 Å². The molecule has 1 rings (SSSR count). The molecule has 18 heavy (non-hydrogen) atoms. The Morgan fingerprint density at radius 1 is 1.39 bits per heavy atom. The van der Waals surface area contributed by atoms with Crippen molar-refractivity contribution in [2.24, 2.45) is 0 Å². The van der Waals surface area contributed by atoms with Gasteiger partial charge in [-0.15, -0.1) is 0 Å². The van der Waals surface area contributed by atoms with Gasteiger partial charge >= 0.3 is 0 Å². The fourth-order valence-electron chi connectivity index (χ4n) is 1.80. The molecule has 0 aliphatic carbocycles. The van der Waals surface area contributed by atoms with E-state index in [4.69, 9.17) is 16.3 Å². The summed E-state index contributed by atoms with van der Waals surface area (Å²) >= 11 is 6.12. The van der Waals surface area contributed by atoms with E-state index >= 15 is 0 Å². The highest BCUT2D eigenvalue weighted by molar-refractivity contribution is 6.31. The first-order valence-electron chi connectivity index (χ1n) is 5.98. The molecule has 4 heteroatoms. The Bertz CT molecular complexity index is 405. The summed E-state index contributed by atoms with van der Waals surface area (Å²) < 4.78 is 4.88. The number of hydrogen-bond donors (Lipinski definition) is 1. The van der Waals surface area contributed by atoms with Crippen LogP contribution in [0.15, 0.2) is 24.3 Å². The minimum Gasteiger partial charge on any atom is -0.384 e. The minimum absolute atomic E-state index is 0.00564. The molecule has 0 aliphatic rings. The Morgan fingerprint density at radius 2 is 2.06 bits per heavy atom. The van der Waals surface area contributed by atoms with E-state index in [1.54, 1.807) is 7.11 Å². The molecule has 1 amide bonds. The van der Waals surface area contributed by atoms with Crippen molar-refractivity contribution in [3.63, 3.8) is 0 Å². The topological polar surface area (TPSA) is 38.3 Å². The summed E-state index contributed by atoms with van der Waals surface area (Å²) in [6.45, 7) is 4.41. The van der Waals surface area contributed by atoms with Gasteiger partial charge in [-0.25, -0.2) is 0 Å². The summed E-state index contributed by atoms with van der Waals surface area (Å²) in [5.74, 6) is -0.00564. The largest absolute Gasteiger partial charge is 0.384 e. The Balaban J connectivity index is 2.59. The second-order valence-electron chi connectivity index (χ2n) is 4.94. The minimum atomic E-state index is -0.324. The summed E-state index contributed by atoms with van der Waals surface area (Å²) in [5, 5.41) is 3.72. The number of hydrogen-bond acceptors (Lipinski definition) is 2. The van der Waals surface area contributed by atoms with Crippen LogP contribution >= 0.6 is 11.6 Å². The lowest BCUT2D eigenvalue weighted by Crippen LogP contribution is -2.45. The van der Waals surface area contributed by atoms with Gasteiger partial charge in [-0.2, -0.15) is 0 Å². The number of amides is 1. The molecule has 1 aromatic rings. The monoisotopic (exact) mass is 269 g/mol. The van der Waals surface area contributed by atoms with Gasteiger partial charge in [-0.1, -0.05) is 29.8 Å². The van der Waals surface area contributed by atoms with Gasteiger partial charge in [0.25, 0.3) is 0 Å². The predicted molar refractivity (Wildman–Crippen MR) is 73.9 cm³/mol. The molecule has 3 nitrogen and oxygen atoms in total. The highest BCUT2D eigenvalue weighted by Crippen LogP contribution is 2.20. The Labute approximate surface area is 113 Å². The van der Waals surface area contributed by atoms with Crippen LogP contribution in [0.3, 0.4) is 0 Å². The van der Waals surface area contributed by atoms with Crippen LogP contribution in [-0.4, -0.2) is 25.2 Å². The van der Waals surface area contributed by atoms with E-state index in [1.807, 2.05) is 38.1 Å². The summed E-state index contributed by atoms with van der Waals surface area (Å²) in [4.78, 5) is 11.7. The van der Waals surface area contributed by atoms with E-state index in [0.29, 0.717) is 19.4 Å². The number of ether oxygens (including phenoxy) is 1. The molecule has 0 bridgehead atoms. The van der Waals surface area contributed by atoms with E-state index in [-0.39, 0.29) is 11.4 Å². The maximum absolute atomic E-state index is 11.7. The third-order valence-corrected chi connectivity index (χ3v) is 2.97. The number of methoxy groups -OCH3 is 1. The van der Waals surface area contributed by atoms with Crippen molar-refractivity contribution in [1.82, 2.24) is 5.32 Å². The fraction of sp³-hybridized carbons (Fsp3) is 0.500. The van der Waals surface area contributed by atoms with E-state index in [0.717, 1.165) is 10.6 Å². The number of benzene rings is 1. The highest BCUT2D eigenvalue weighted by Gasteiger charge is 2.21. The summed E-state index contributed by atoms with van der Waals surface area (Å²) in [6, 6.07) is 7.69. The van der Waals surface area contributed by atoms with Gasteiger partial charge in [0.1, 0.15) is 0 Å². The molecule has 0 atom stereocenters. The third-order valence-electron chi connectivity index (χ3n) is 2.60. The fourth-order valence-corrected chi connectivity index (χ4v) is 2.00. The molecular weight excluding hydrogens is 250 g/mol. The molecule has 0 spiro atoms. The van der Waals surface area contributed by atoms with Crippen molar-refractivity contribution in [2.45, 2.75) is 32.2 Å². The van der Waals surface area contributed by atoms with Crippen LogP contribution in [0.25, 0.3) is 0 Å². The van der Waals surface area contributed by atoms with Crippen molar-refractivity contribution in [3.05, 3.63) is 34.9 Å². The third kappa shape index (κ3) is 5.07. The van der Waals surface area contributed by atoms with Crippen LogP contribution in [-0.2, 0) is 16.0 Å². The van der Waals surface area contributed by atoms with Gasteiger partial charge in [0.05, 0.1) is 6.61 Å². The molecule has 0 unspecified atom stereocenters. The molecule has 1 aromatic carbocycles. The average Bonchev–Trinajstić information content (AvgIpc) is 2.28. The SMILES string of the molecule is COCCC(=O)NC(C)(C)Cc1ccccc1Cl. The summed E-state index contributed by atoms with van der Waals surface area (Å²) in [7, 11) is 1.59. The Hall–Kier alpha value is -1.06. The van der Waals surface area contributed by atoms with Crippen molar-refractivity contribution in [3.8, 4) is 0 Å². The molecule has 0 aliphatic heterocycles. The zero-order chi connectivity index (χ0) is 13.6. The van der Waals surface area contributed by atoms with Gasteiger partial charge in [0, 0.05) is 24.1 Å². The molecule has 0 saturated carbocycles. The summed E-state index contributed by atoms with van der Waals surface area (Å²) in [5.41, 5.74) is 0.715. The zero-order valence-corrected chi connectivity index (χ0v) is 11.9. The van der Waals surface area contributed by atoms with E-state index in [9.17, 15) is 4.79 Å². The van der Waals surface area contributed by atoms with Crippen molar-refractivity contribution in [2.75, 3.05) is 13.7 Å². The second kappa shape index (κ2) is 6.76. The quantitative estimate of drug-likeness (QED) is 0.862. The standard InChI is InChI=1S/C14H20ClNO2/c1-14(2,16-13(17)8-9-18-3)10-11-6-4-5-7-12(11)15/h4-7H,8-10H2,1-3H3,(H,16,17). The molecule has 0 fully saturated rings. The van der Waals surface area contributed by atoms with Gasteiger partial charge in [0.15, 0.2) is 0 Å². The van der Waals surface area contributed by atoms with Crippen LogP contribution < -0.4 is 5.32 Å². The highest BCUT2D eigenvalue weighted by atomic mass is 35.5. The molecule has 100 valence electrons. The number of nitrogens with one attached hydrogen (secondary N) is 1. The molecule has 0 aromatic heterocycles. The maximum Gasteiger partial charge on any atom is 0.222 e. The first-order valence-corrected chi connectivity index (χ1v) is 6.36. The smallest absolute Gasteiger partial charge is 0.222 e.